The summed E-state index contributed by atoms with van der Waals surface area (Å²) in [5.41, 5.74) is 7.46. The number of pyridine rings is 1. The fourth-order valence-corrected chi connectivity index (χ4v) is 3.34. The Hall–Kier alpha value is -3.98. The summed E-state index contributed by atoms with van der Waals surface area (Å²) < 4.78 is 0. The SMILES string of the molecule is Cc1ccc(-c2cccc(/C=C/C(=O)Nc3ccc(Cc4ccccn4)cc3)c2)cc1. The van der Waals surface area contributed by atoms with Gasteiger partial charge in [0.25, 0.3) is 0 Å². The molecule has 0 unspecified atom stereocenters. The van der Waals surface area contributed by atoms with Crippen molar-refractivity contribution in [3.8, 4) is 11.1 Å². The molecule has 0 radical (unpaired) electrons. The maximum absolute atomic E-state index is 12.3. The standard InChI is InChI=1S/C28H24N2O/c1-21-8-13-24(14-9-21)25-6-4-5-22(19-25)12-17-28(31)30-26-15-10-23(11-16-26)20-27-7-2-3-18-29-27/h2-19H,20H2,1H3,(H,30,31)/b17-12+. The molecule has 1 amide bonds. The van der Waals surface area contributed by atoms with Gasteiger partial charge < -0.3 is 5.32 Å². The number of nitrogens with one attached hydrogen (secondary N) is 1. The predicted molar refractivity (Wildman–Crippen MR) is 128 cm³/mol. The number of aryl methyl sites for hydroxylation is 1. The number of amides is 1. The van der Waals surface area contributed by atoms with E-state index in [4.69, 9.17) is 0 Å². The smallest absolute Gasteiger partial charge is 0.248 e. The van der Waals surface area contributed by atoms with Crippen LogP contribution in [0.1, 0.15) is 22.4 Å². The van der Waals surface area contributed by atoms with E-state index in [0.717, 1.165) is 40.1 Å². The number of hydrogen-bond acceptors (Lipinski definition) is 2. The predicted octanol–water partition coefficient (Wildman–Crippen LogP) is 6.30. The molecule has 152 valence electrons. The molecule has 4 aromatic rings. The number of hydrogen-bond donors (Lipinski definition) is 1. The molecule has 4 rings (SSSR count). The van der Waals surface area contributed by atoms with E-state index < -0.39 is 0 Å². The van der Waals surface area contributed by atoms with Gasteiger partial charge in [0.15, 0.2) is 0 Å². The molecule has 0 fully saturated rings. The molecule has 0 aliphatic heterocycles. The Bertz CT molecular complexity index is 1180. The van der Waals surface area contributed by atoms with Crippen LogP contribution in [0.3, 0.4) is 0 Å². The van der Waals surface area contributed by atoms with Crippen molar-refractivity contribution in [3.63, 3.8) is 0 Å². The summed E-state index contributed by atoms with van der Waals surface area (Å²) in [6, 6.07) is 30.4. The van der Waals surface area contributed by atoms with Gasteiger partial charge in [0, 0.05) is 30.1 Å². The second-order valence-electron chi connectivity index (χ2n) is 7.51. The Morgan fingerprint density at radius 3 is 2.42 bits per heavy atom. The highest BCUT2D eigenvalue weighted by molar-refractivity contribution is 6.02. The second-order valence-corrected chi connectivity index (χ2v) is 7.51. The van der Waals surface area contributed by atoms with Gasteiger partial charge in [-0.2, -0.15) is 0 Å². The van der Waals surface area contributed by atoms with Gasteiger partial charge in [-0.1, -0.05) is 66.2 Å². The van der Waals surface area contributed by atoms with Crippen molar-refractivity contribution in [2.24, 2.45) is 0 Å². The Kier molecular flexibility index (Phi) is 6.34. The zero-order chi connectivity index (χ0) is 21.5. The largest absolute Gasteiger partial charge is 0.323 e. The minimum Gasteiger partial charge on any atom is -0.323 e. The van der Waals surface area contributed by atoms with E-state index >= 15 is 0 Å². The average molecular weight is 405 g/mol. The molecule has 3 aromatic carbocycles. The summed E-state index contributed by atoms with van der Waals surface area (Å²) in [5.74, 6) is -0.154. The summed E-state index contributed by atoms with van der Waals surface area (Å²) >= 11 is 0. The first-order chi connectivity index (χ1) is 15.2. The number of nitrogens with zero attached hydrogens (tertiary/aromatic N) is 1. The quantitative estimate of drug-likeness (QED) is 0.383. The maximum atomic E-state index is 12.3. The lowest BCUT2D eigenvalue weighted by Crippen LogP contribution is -2.07. The van der Waals surface area contributed by atoms with Crippen LogP contribution in [0.25, 0.3) is 17.2 Å². The highest BCUT2D eigenvalue weighted by atomic mass is 16.1. The van der Waals surface area contributed by atoms with Gasteiger partial charge in [0.05, 0.1) is 0 Å². The Morgan fingerprint density at radius 1 is 0.871 bits per heavy atom. The number of benzene rings is 3. The van der Waals surface area contributed by atoms with E-state index in [9.17, 15) is 4.79 Å². The summed E-state index contributed by atoms with van der Waals surface area (Å²) in [5, 5.41) is 2.91. The number of carbonyl (C=O) groups is 1. The van der Waals surface area contributed by atoms with Crippen LogP contribution in [-0.4, -0.2) is 10.9 Å². The molecule has 1 aromatic heterocycles. The minimum atomic E-state index is -0.154. The van der Waals surface area contributed by atoms with Crippen molar-refractivity contribution in [1.29, 1.82) is 0 Å². The summed E-state index contributed by atoms with van der Waals surface area (Å²) in [6.45, 7) is 2.08. The molecule has 0 bridgehead atoms. The van der Waals surface area contributed by atoms with Crippen LogP contribution in [0.5, 0.6) is 0 Å². The lowest BCUT2D eigenvalue weighted by atomic mass is 10.0. The molecule has 0 aliphatic carbocycles. The molecule has 1 N–H and O–H groups in total. The molecular formula is C28H24N2O. The Labute approximate surface area is 183 Å². The van der Waals surface area contributed by atoms with Crippen molar-refractivity contribution in [3.05, 3.63) is 126 Å². The van der Waals surface area contributed by atoms with Crippen LogP contribution in [0.2, 0.25) is 0 Å². The first-order valence-corrected chi connectivity index (χ1v) is 10.3. The molecule has 0 saturated carbocycles. The van der Waals surface area contributed by atoms with Crippen molar-refractivity contribution in [2.45, 2.75) is 13.3 Å². The van der Waals surface area contributed by atoms with Gasteiger partial charge in [-0.15, -0.1) is 0 Å². The number of anilines is 1. The summed E-state index contributed by atoms with van der Waals surface area (Å²) in [6.07, 6.45) is 5.97. The molecule has 0 atom stereocenters. The zero-order valence-corrected chi connectivity index (χ0v) is 17.5. The van der Waals surface area contributed by atoms with E-state index in [1.54, 1.807) is 12.3 Å². The van der Waals surface area contributed by atoms with Gasteiger partial charge in [0.2, 0.25) is 5.91 Å². The number of rotatable bonds is 6. The molecule has 31 heavy (non-hydrogen) atoms. The van der Waals surface area contributed by atoms with Crippen LogP contribution in [0.4, 0.5) is 5.69 Å². The lowest BCUT2D eigenvalue weighted by Gasteiger charge is -2.05. The third-order valence-corrected chi connectivity index (χ3v) is 5.03. The van der Waals surface area contributed by atoms with Crippen LogP contribution in [0, 0.1) is 6.92 Å². The molecule has 0 spiro atoms. The van der Waals surface area contributed by atoms with Crippen molar-refractivity contribution in [1.82, 2.24) is 4.98 Å². The third-order valence-electron chi connectivity index (χ3n) is 5.03. The fourth-order valence-electron chi connectivity index (χ4n) is 3.34. The lowest BCUT2D eigenvalue weighted by molar-refractivity contribution is -0.111. The van der Waals surface area contributed by atoms with Crippen LogP contribution >= 0.6 is 0 Å². The first-order valence-electron chi connectivity index (χ1n) is 10.3. The van der Waals surface area contributed by atoms with E-state index in [1.807, 2.05) is 60.7 Å². The van der Waals surface area contributed by atoms with Gasteiger partial charge in [-0.25, -0.2) is 0 Å². The highest BCUT2D eigenvalue weighted by Crippen LogP contribution is 2.21. The first kappa shape index (κ1) is 20.3. The van der Waals surface area contributed by atoms with Crippen molar-refractivity contribution < 1.29 is 4.79 Å². The molecule has 3 nitrogen and oxygen atoms in total. The fraction of sp³-hybridized carbons (Fsp3) is 0.0714. The molecular weight excluding hydrogens is 380 g/mol. The van der Waals surface area contributed by atoms with E-state index in [-0.39, 0.29) is 5.91 Å². The minimum absolute atomic E-state index is 0.154. The van der Waals surface area contributed by atoms with Crippen LogP contribution in [-0.2, 0) is 11.2 Å². The monoisotopic (exact) mass is 404 g/mol. The Balaban J connectivity index is 1.37. The molecule has 0 saturated heterocycles. The topological polar surface area (TPSA) is 42.0 Å². The second kappa shape index (κ2) is 9.68. The average Bonchev–Trinajstić information content (AvgIpc) is 2.80. The molecule has 0 aliphatic rings. The van der Waals surface area contributed by atoms with Crippen molar-refractivity contribution >= 4 is 17.7 Å². The maximum Gasteiger partial charge on any atom is 0.248 e. The Morgan fingerprint density at radius 2 is 1.68 bits per heavy atom. The summed E-state index contributed by atoms with van der Waals surface area (Å²) in [4.78, 5) is 16.7. The molecule has 1 heterocycles. The number of carbonyl (C=O) groups excluding carboxylic acids is 1. The third kappa shape index (κ3) is 5.77. The van der Waals surface area contributed by atoms with Gasteiger partial charge >= 0.3 is 0 Å². The summed E-state index contributed by atoms with van der Waals surface area (Å²) in [7, 11) is 0. The molecule has 3 heteroatoms. The van der Waals surface area contributed by atoms with E-state index in [2.05, 4.69) is 53.6 Å². The van der Waals surface area contributed by atoms with Gasteiger partial charge in [0.1, 0.15) is 0 Å². The highest BCUT2D eigenvalue weighted by Gasteiger charge is 2.02. The van der Waals surface area contributed by atoms with Crippen LogP contribution < -0.4 is 5.32 Å². The van der Waals surface area contributed by atoms with Gasteiger partial charge in [-0.3, -0.25) is 9.78 Å². The normalized spacial score (nSPS) is 10.9. The van der Waals surface area contributed by atoms with Crippen molar-refractivity contribution in [2.75, 3.05) is 5.32 Å². The zero-order valence-electron chi connectivity index (χ0n) is 17.5. The van der Waals surface area contributed by atoms with Crippen LogP contribution in [0.15, 0.2) is 103 Å². The number of aromatic nitrogens is 1. The van der Waals surface area contributed by atoms with E-state index in [1.165, 1.54) is 5.56 Å². The van der Waals surface area contributed by atoms with E-state index in [0.29, 0.717) is 0 Å². The van der Waals surface area contributed by atoms with Gasteiger partial charge in [-0.05, 0) is 65.6 Å².